The number of benzene rings is 1. The lowest BCUT2D eigenvalue weighted by atomic mass is 10.1. The normalized spacial score (nSPS) is 14.1. The Hall–Kier alpha value is -0.740. The van der Waals surface area contributed by atoms with E-state index in [1.807, 2.05) is 0 Å². The lowest BCUT2D eigenvalue weighted by Crippen LogP contribution is -2.20. The van der Waals surface area contributed by atoms with Gasteiger partial charge in [0, 0.05) is 5.02 Å². The number of hydrogen-bond acceptors (Lipinski definition) is 1. The Kier molecular flexibility index (Phi) is 3.07. The van der Waals surface area contributed by atoms with Gasteiger partial charge in [0.05, 0.1) is 0 Å². The van der Waals surface area contributed by atoms with Crippen molar-refractivity contribution in [1.29, 1.82) is 0 Å². The molecule has 0 radical (unpaired) electrons. The van der Waals surface area contributed by atoms with E-state index in [1.165, 1.54) is 12.1 Å². The van der Waals surface area contributed by atoms with Gasteiger partial charge in [0.25, 0.3) is 0 Å². The Bertz CT molecular complexity index is 335. The summed E-state index contributed by atoms with van der Waals surface area (Å²) in [6, 6.07) is 3.72. The predicted molar refractivity (Wildman–Crippen MR) is 47.2 cm³/mol. The van der Waals surface area contributed by atoms with Gasteiger partial charge in [-0.2, -0.15) is 13.2 Å². The average Bonchev–Trinajstić information content (AvgIpc) is 2.07. The number of alkyl halides is 3. The molecule has 1 atom stereocenters. The van der Waals surface area contributed by atoms with Gasteiger partial charge in [-0.25, -0.2) is 0 Å². The highest BCUT2D eigenvalue weighted by atomic mass is 35.5. The quantitative estimate of drug-likeness (QED) is 0.777. The summed E-state index contributed by atoms with van der Waals surface area (Å²) in [7, 11) is 0. The molecule has 0 heterocycles. The van der Waals surface area contributed by atoms with Crippen LogP contribution in [0, 0.1) is 6.92 Å². The first-order valence-corrected chi connectivity index (χ1v) is 4.21. The molecule has 0 unspecified atom stereocenters. The van der Waals surface area contributed by atoms with Gasteiger partial charge in [-0.3, -0.25) is 0 Å². The maximum absolute atomic E-state index is 12.1. The fourth-order valence-corrected chi connectivity index (χ4v) is 1.14. The van der Waals surface area contributed by atoms with Crippen LogP contribution in [0.4, 0.5) is 13.2 Å². The molecule has 0 aliphatic rings. The van der Waals surface area contributed by atoms with Gasteiger partial charge >= 0.3 is 6.18 Å². The predicted octanol–water partition coefficient (Wildman–Crippen LogP) is 3.24. The van der Waals surface area contributed by atoms with Crippen LogP contribution in [0.2, 0.25) is 5.02 Å². The van der Waals surface area contributed by atoms with Crippen LogP contribution in [0.15, 0.2) is 18.2 Å². The van der Waals surface area contributed by atoms with Crippen molar-refractivity contribution in [2.75, 3.05) is 0 Å². The largest absolute Gasteiger partial charge is 0.418 e. The van der Waals surface area contributed by atoms with Crippen LogP contribution in [-0.2, 0) is 0 Å². The number of hydrogen-bond donors (Lipinski definition) is 1. The zero-order valence-electron chi connectivity index (χ0n) is 7.27. The fraction of sp³-hybridized carbons (Fsp3) is 0.333. The van der Waals surface area contributed by atoms with Crippen molar-refractivity contribution in [2.45, 2.75) is 19.2 Å². The first kappa shape index (κ1) is 11.3. The van der Waals surface area contributed by atoms with Gasteiger partial charge in [0.2, 0.25) is 0 Å². The van der Waals surface area contributed by atoms with Crippen molar-refractivity contribution in [3.05, 3.63) is 34.3 Å². The topological polar surface area (TPSA) is 20.2 Å². The van der Waals surface area contributed by atoms with E-state index in [9.17, 15) is 13.2 Å². The summed E-state index contributed by atoms with van der Waals surface area (Å²) in [5.74, 6) is 0. The molecule has 0 aliphatic carbocycles. The number of rotatable bonds is 1. The van der Waals surface area contributed by atoms with Crippen molar-refractivity contribution in [3.63, 3.8) is 0 Å². The van der Waals surface area contributed by atoms with E-state index in [2.05, 4.69) is 0 Å². The monoisotopic (exact) mass is 224 g/mol. The molecule has 0 bridgehead atoms. The van der Waals surface area contributed by atoms with Crippen molar-refractivity contribution in [1.82, 2.24) is 0 Å². The van der Waals surface area contributed by atoms with E-state index in [-0.39, 0.29) is 5.56 Å². The maximum atomic E-state index is 12.1. The molecule has 1 nitrogen and oxygen atoms in total. The van der Waals surface area contributed by atoms with Gasteiger partial charge in [-0.1, -0.05) is 23.7 Å². The van der Waals surface area contributed by atoms with Gasteiger partial charge in [-0.05, 0) is 24.1 Å². The Morgan fingerprint density at radius 1 is 1.36 bits per heavy atom. The first-order chi connectivity index (χ1) is 6.32. The molecule has 0 amide bonds. The summed E-state index contributed by atoms with van der Waals surface area (Å²) in [6.07, 6.45) is -7.08. The summed E-state index contributed by atoms with van der Waals surface area (Å²) < 4.78 is 36.3. The van der Waals surface area contributed by atoms with Crippen LogP contribution >= 0.6 is 11.6 Å². The molecule has 0 spiro atoms. The standard InChI is InChI=1S/C9H8ClF3O/c1-5-4-6(2-3-7(5)10)8(14)9(11,12)13/h2-4,8,14H,1H3/t8-/m1/s1. The molecule has 1 N–H and O–H groups in total. The van der Waals surface area contributed by atoms with E-state index in [0.29, 0.717) is 10.6 Å². The maximum Gasteiger partial charge on any atom is 0.418 e. The average molecular weight is 225 g/mol. The molecular weight excluding hydrogens is 217 g/mol. The van der Waals surface area contributed by atoms with E-state index >= 15 is 0 Å². The van der Waals surface area contributed by atoms with Crippen molar-refractivity contribution in [2.24, 2.45) is 0 Å². The fourth-order valence-electron chi connectivity index (χ4n) is 1.03. The molecule has 14 heavy (non-hydrogen) atoms. The van der Waals surface area contributed by atoms with Gasteiger partial charge in [-0.15, -0.1) is 0 Å². The minimum atomic E-state index is -4.64. The molecule has 1 rings (SSSR count). The molecule has 0 aromatic heterocycles. The highest BCUT2D eigenvalue weighted by Crippen LogP contribution is 2.33. The van der Waals surface area contributed by atoms with Crippen LogP contribution < -0.4 is 0 Å². The molecular formula is C9H8ClF3O. The molecule has 1 aromatic rings. The first-order valence-electron chi connectivity index (χ1n) is 3.83. The zero-order valence-corrected chi connectivity index (χ0v) is 8.02. The van der Waals surface area contributed by atoms with Gasteiger partial charge in [0.1, 0.15) is 0 Å². The van der Waals surface area contributed by atoms with E-state index < -0.39 is 12.3 Å². The van der Waals surface area contributed by atoms with Crippen molar-refractivity contribution in [3.8, 4) is 0 Å². The summed E-state index contributed by atoms with van der Waals surface area (Å²) in [4.78, 5) is 0. The number of halogens is 4. The Labute approximate surface area is 84.1 Å². The van der Waals surface area contributed by atoms with Gasteiger partial charge < -0.3 is 5.11 Å². The third-order valence-corrected chi connectivity index (χ3v) is 2.23. The summed E-state index contributed by atoms with van der Waals surface area (Å²) in [5, 5.41) is 9.28. The third kappa shape index (κ3) is 2.39. The molecule has 0 aliphatic heterocycles. The van der Waals surface area contributed by atoms with Gasteiger partial charge in [0.15, 0.2) is 6.10 Å². The van der Waals surface area contributed by atoms with Crippen LogP contribution in [-0.4, -0.2) is 11.3 Å². The Morgan fingerprint density at radius 3 is 2.36 bits per heavy atom. The minimum Gasteiger partial charge on any atom is -0.379 e. The SMILES string of the molecule is Cc1cc([C@@H](O)C(F)(F)F)ccc1Cl. The second-order valence-electron chi connectivity index (χ2n) is 2.95. The molecule has 0 fully saturated rings. The second kappa shape index (κ2) is 3.79. The third-order valence-electron chi connectivity index (χ3n) is 1.81. The lowest BCUT2D eigenvalue weighted by molar-refractivity contribution is -0.206. The van der Waals surface area contributed by atoms with Crippen molar-refractivity contribution >= 4 is 11.6 Å². The molecule has 5 heteroatoms. The highest BCUT2D eigenvalue weighted by Gasteiger charge is 2.39. The smallest absolute Gasteiger partial charge is 0.379 e. The molecule has 0 saturated carbocycles. The zero-order chi connectivity index (χ0) is 10.9. The highest BCUT2D eigenvalue weighted by molar-refractivity contribution is 6.31. The second-order valence-corrected chi connectivity index (χ2v) is 3.36. The van der Waals surface area contributed by atoms with E-state index in [0.717, 1.165) is 6.07 Å². The van der Waals surface area contributed by atoms with Crippen LogP contribution in [0.25, 0.3) is 0 Å². The van der Waals surface area contributed by atoms with Crippen molar-refractivity contribution < 1.29 is 18.3 Å². The Morgan fingerprint density at radius 2 is 1.93 bits per heavy atom. The van der Waals surface area contributed by atoms with Crippen LogP contribution in [0.5, 0.6) is 0 Å². The summed E-state index contributed by atoms with van der Waals surface area (Å²) in [6.45, 7) is 1.58. The Balaban J connectivity index is 3.03. The van der Waals surface area contributed by atoms with Crippen LogP contribution in [0.1, 0.15) is 17.2 Å². The minimum absolute atomic E-state index is 0.195. The number of aliphatic hydroxyl groups excluding tert-OH is 1. The summed E-state index contributed by atoms with van der Waals surface area (Å²) >= 11 is 5.64. The van der Waals surface area contributed by atoms with E-state index in [1.54, 1.807) is 6.92 Å². The van der Waals surface area contributed by atoms with Crippen LogP contribution in [0.3, 0.4) is 0 Å². The molecule has 78 valence electrons. The lowest BCUT2D eigenvalue weighted by Gasteiger charge is -2.15. The van der Waals surface area contributed by atoms with E-state index in [4.69, 9.17) is 16.7 Å². The molecule has 1 aromatic carbocycles. The summed E-state index contributed by atoms with van der Waals surface area (Å²) in [5.41, 5.74) is 0.312. The number of aliphatic hydroxyl groups is 1. The molecule has 0 saturated heterocycles. The number of aryl methyl sites for hydroxylation is 1.